The molecule has 6 nitrogen and oxygen atoms in total. The molecule has 0 radical (unpaired) electrons. The van der Waals surface area contributed by atoms with E-state index in [1.54, 1.807) is 9.80 Å². The minimum Gasteiger partial charge on any atom is -0.394 e. The number of carbonyl (C=O) groups is 2. The zero-order chi connectivity index (χ0) is 22.9. The topological polar surface area (TPSA) is 72.9 Å². The number of aliphatic hydroxyl groups is 1. The second kappa shape index (κ2) is 8.67. The van der Waals surface area contributed by atoms with Crippen LogP contribution in [0.15, 0.2) is 78.9 Å². The molecule has 2 heterocycles. The normalized spacial score (nSPS) is 21.0. The molecule has 0 aromatic heterocycles. The smallest absolute Gasteiger partial charge is 0.322 e. The van der Waals surface area contributed by atoms with E-state index in [1.807, 2.05) is 54.6 Å². The van der Waals surface area contributed by atoms with Gasteiger partial charge in [-0.05, 0) is 41.5 Å². The molecule has 33 heavy (non-hydrogen) atoms. The molecule has 0 bridgehead atoms. The summed E-state index contributed by atoms with van der Waals surface area (Å²) >= 11 is 0. The number of aliphatic hydroxyl groups excluding tert-OH is 1. The number of para-hydroxylation sites is 1. The quantitative estimate of drug-likeness (QED) is 0.642. The maximum atomic E-state index is 13.3. The van der Waals surface area contributed by atoms with Crippen molar-refractivity contribution < 1.29 is 19.1 Å². The van der Waals surface area contributed by atoms with Crippen LogP contribution in [-0.2, 0) is 11.2 Å². The Hall–Kier alpha value is -3.71. The summed E-state index contributed by atoms with van der Waals surface area (Å²) in [4.78, 5) is 29.7. The van der Waals surface area contributed by atoms with Crippen molar-refractivity contribution in [1.82, 2.24) is 4.90 Å². The molecule has 1 saturated heterocycles. The van der Waals surface area contributed by atoms with Crippen molar-refractivity contribution in [3.05, 3.63) is 95.8 Å². The van der Waals surface area contributed by atoms with E-state index < -0.39 is 6.04 Å². The molecule has 0 saturated carbocycles. The van der Waals surface area contributed by atoms with Gasteiger partial charge in [0.25, 0.3) is 0 Å². The Morgan fingerprint density at radius 3 is 2.39 bits per heavy atom. The third-order valence-electron chi connectivity index (χ3n) is 6.52. The number of amides is 3. The minimum absolute atomic E-state index is 0.0431. The van der Waals surface area contributed by atoms with Gasteiger partial charge in [-0.1, -0.05) is 48.5 Å². The Kier molecular flexibility index (Phi) is 5.56. The second-order valence-electron chi connectivity index (χ2n) is 8.41. The number of fused-ring (bicyclic) bond motifs is 3. The van der Waals surface area contributed by atoms with Gasteiger partial charge < -0.3 is 20.2 Å². The number of rotatable bonds is 4. The van der Waals surface area contributed by atoms with Crippen molar-refractivity contribution in [3.8, 4) is 0 Å². The van der Waals surface area contributed by atoms with Gasteiger partial charge in [0.15, 0.2) is 0 Å². The van der Waals surface area contributed by atoms with Gasteiger partial charge in [0, 0.05) is 23.8 Å². The van der Waals surface area contributed by atoms with E-state index in [9.17, 15) is 19.1 Å². The predicted octanol–water partition coefficient (Wildman–Crippen LogP) is 3.78. The van der Waals surface area contributed by atoms with Gasteiger partial charge in [0.2, 0.25) is 5.91 Å². The van der Waals surface area contributed by atoms with E-state index in [0.29, 0.717) is 12.2 Å². The van der Waals surface area contributed by atoms with E-state index in [1.165, 1.54) is 24.3 Å². The van der Waals surface area contributed by atoms with Crippen molar-refractivity contribution in [2.24, 2.45) is 0 Å². The molecule has 0 aliphatic carbocycles. The molecule has 0 unspecified atom stereocenters. The molecule has 3 aromatic carbocycles. The van der Waals surface area contributed by atoms with Gasteiger partial charge in [-0.25, -0.2) is 9.18 Å². The summed E-state index contributed by atoms with van der Waals surface area (Å²) in [6.45, 7) is 0.158. The lowest BCUT2D eigenvalue weighted by Crippen LogP contribution is -2.71. The molecule has 2 N–H and O–H groups in total. The highest BCUT2D eigenvalue weighted by molar-refractivity contribution is 5.97. The first-order valence-corrected chi connectivity index (χ1v) is 11.0. The fourth-order valence-corrected chi connectivity index (χ4v) is 4.99. The number of urea groups is 1. The number of nitrogens with zero attached hydrogens (tertiary/aromatic N) is 2. The number of nitrogens with one attached hydrogen (secondary N) is 1. The Morgan fingerprint density at radius 2 is 1.67 bits per heavy atom. The van der Waals surface area contributed by atoms with Gasteiger partial charge in [0.1, 0.15) is 5.82 Å². The Morgan fingerprint density at radius 1 is 0.970 bits per heavy atom. The van der Waals surface area contributed by atoms with Gasteiger partial charge >= 0.3 is 6.03 Å². The first-order valence-electron chi connectivity index (χ1n) is 11.0. The highest BCUT2D eigenvalue weighted by Crippen LogP contribution is 2.48. The molecule has 0 spiro atoms. The maximum absolute atomic E-state index is 13.3. The number of hydrogen-bond acceptors (Lipinski definition) is 3. The molecule has 1 fully saturated rings. The van der Waals surface area contributed by atoms with Crippen LogP contribution in [0.3, 0.4) is 0 Å². The molecule has 168 valence electrons. The summed E-state index contributed by atoms with van der Waals surface area (Å²) in [5.74, 6) is -0.494. The number of benzene rings is 3. The lowest BCUT2D eigenvalue weighted by molar-refractivity contribution is -0.118. The van der Waals surface area contributed by atoms with Crippen LogP contribution in [-0.4, -0.2) is 47.2 Å². The van der Waals surface area contributed by atoms with Crippen molar-refractivity contribution in [2.45, 2.75) is 24.4 Å². The molecule has 3 atom stereocenters. The molecule has 3 aromatic rings. The van der Waals surface area contributed by atoms with E-state index in [-0.39, 0.29) is 42.7 Å². The third-order valence-corrected chi connectivity index (χ3v) is 6.52. The fourth-order valence-electron chi connectivity index (χ4n) is 4.99. The van der Waals surface area contributed by atoms with Crippen LogP contribution in [0, 0.1) is 5.82 Å². The van der Waals surface area contributed by atoms with Crippen LogP contribution in [0.25, 0.3) is 0 Å². The molecule has 5 rings (SSSR count). The fraction of sp³-hybridized carbons (Fsp3) is 0.231. The molecule has 2 aliphatic rings. The van der Waals surface area contributed by atoms with Crippen LogP contribution in [0.2, 0.25) is 0 Å². The summed E-state index contributed by atoms with van der Waals surface area (Å²) in [6, 6.07) is 21.7. The summed E-state index contributed by atoms with van der Waals surface area (Å²) in [7, 11) is 0. The van der Waals surface area contributed by atoms with E-state index >= 15 is 0 Å². The molecular formula is C26H24FN3O3. The molecule has 3 amide bonds. The zero-order valence-corrected chi connectivity index (χ0v) is 17.9. The standard InChI is InChI=1S/C26H24FN3O3/c27-18-10-12-19(13-11-18)28-26(33)30-22-15-29(24(32)14-17-6-2-1-3-7-17)21-9-5-4-8-20(21)25(22)23(30)16-31/h1-13,22-23,25,31H,14-16H2,(H,28,33)/t22-,23-,25+/m0/s1. The average molecular weight is 445 g/mol. The Labute approximate surface area is 191 Å². The maximum Gasteiger partial charge on any atom is 0.322 e. The number of anilines is 2. The zero-order valence-electron chi connectivity index (χ0n) is 17.9. The van der Waals surface area contributed by atoms with Crippen molar-refractivity contribution in [1.29, 1.82) is 0 Å². The molecule has 2 aliphatic heterocycles. The first kappa shape index (κ1) is 21.2. The van der Waals surface area contributed by atoms with Crippen molar-refractivity contribution in [2.75, 3.05) is 23.4 Å². The highest BCUT2D eigenvalue weighted by Gasteiger charge is 2.55. The van der Waals surface area contributed by atoms with Gasteiger partial charge in [-0.15, -0.1) is 0 Å². The highest BCUT2D eigenvalue weighted by atomic mass is 19.1. The van der Waals surface area contributed by atoms with E-state index in [2.05, 4.69) is 5.32 Å². The van der Waals surface area contributed by atoms with Crippen molar-refractivity contribution >= 4 is 23.3 Å². The van der Waals surface area contributed by atoms with Crippen LogP contribution in [0.5, 0.6) is 0 Å². The van der Waals surface area contributed by atoms with Crippen LogP contribution < -0.4 is 10.2 Å². The van der Waals surface area contributed by atoms with E-state index in [4.69, 9.17) is 0 Å². The molecule has 7 heteroatoms. The summed E-state index contributed by atoms with van der Waals surface area (Å²) in [5.41, 5.74) is 3.18. The Bertz CT molecular complexity index is 1170. The van der Waals surface area contributed by atoms with Crippen LogP contribution in [0.1, 0.15) is 17.0 Å². The van der Waals surface area contributed by atoms with E-state index in [0.717, 1.165) is 16.8 Å². The largest absolute Gasteiger partial charge is 0.394 e. The average Bonchev–Trinajstić information content (AvgIpc) is 2.81. The predicted molar refractivity (Wildman–Crippen MR) is 124 cm³/mol. The van der Waals surface area contributed by atoms with Gasteiger partial charge in [0.05, 0.1) is 25.1 Å². The summed E-state index contributed by atoms with van der Waals surface area (Å²) in [5, 5.41) is 12.9. The SMILES string of the molecule is O=C(Cc1ccccc1)N1C[C@H]2[C@@H](c3ccccc31)[C@H](CO)N2C(=O)Nc1ccc(F)cc1. The Balaban J connectivity index is 1.41. The summed E-state index contributed by atoms with van der Waals surface area (Å²) in [6.07, 6.45) is 0.262. The monoisotopic (exact) mass is 445 g/mol. The number of hydrogen-bond donors (Lipinski definition) is 2. The van der Waals surface area contributed by atoms with Gasteiger partial charge in [-0.3, -0.25) is 4.79 Å². The van der Waals surface area contributed by atoms with Crippen molar-refractivity contribution in [3.63, 3.8) is 0 Å². The third kappa shape index (κ3) is 3.85. The number of halogens is 1. The second-order valence-corrected chi connectivity index (χ2v) is 8.41. The number of likely N-dealkylation sites (tertiary alicyclic amines) is 1. The van der Waals surface area contributed by atoms with Crippen LogP contribution in [0.4, 0.5) is 20.6 Å². The molecular weight excluding hydrogens is 421 g/mol. The lowest BCUT2D eigenvalue weighted by Gasteiger charge is -2.58. The summed E-state index contributed by atoms with van der Waals surface area (Å²) < 4.78 is 13.2. The number of carbonyl (C=O) groups excluding carboxylic acids is 2. The van der Waals surface area contributed by atoms with Gasteiger partial charge in [-0.2, -0.15) is 0 Å². The lowest BCUT2D eigenvalue weighted by atomic mass is 9.72. The van der Waals surface area contributed by atoms with Crippen LogP contribution >= 0.6 is 0 Å². The first-order chi connectivity index (χ1) is 16.1. The minimum atomic E-state index is -0.400.